The lowest BCUT2D eigenvalue weighted by molar-refractivity contribution is -0.145. The largest absolute Gasteiger partial charge is 0.433 e. The summed E-state index contributed by atoms with van der Waals surface area (Å²) in [4.78, 5) is 38.4. The van der Waals surface area contributed by atoms with Crippen LogP contribution in [0, 0.1) is 0 Å². The van der Waals surface area contributed by atoms with Gasteiger partial charge in [-0.2, -0.15) is 0 Å². The Morgan fingerprint density at radius 3 is 2.69 bits per heavy atom. The molecule has 0 aliphatic carbocycles. The molecule has 0 radical (unpaired) electrons. The van der Waals surface area contributed by atoms with Gasteiger partial charge in [0.15, 0.2) is 9.84 Å². The van der Waals surface area contributed by atoms with E-state index in [1.165, 1.54) is 4.90 Å². The van der Waals surface area contributed by atoms with Crippen LogP contribution >= 0.6 is 0 Å². The van der Waals surface area contributed by atoms with Crippen LogP contribution in [0.1, 0.15) is 41.4 Å². The van der Waals surface area contributed by atoms with E-state index in [0.29, 0.717) is 24.0 Å². The van der Waals surface area contributed by atoms with E-state index in [1.54, 1.807) is 24.3 Å². The minimum atomic E-state index is -3.12. The van der Waals surface area contributed by atoms with Crippen LogP contribution in [0.5, 0.6) is 0 Å². The predicted octanol–water partition coefficient (Wildman–Crippen LogP) is 0.150. The van der Waals surface area contributed by atoms with Crippen LogP contribution in [0.2, 0.25) is 0 Å². The standard InChI is InChI=1S/C17H18N2O6S/c20-14-6-5-13(15(21)18-10-7-8-26(23,24)9-10)19(14)16-11-3-1-2-4-12(11)17(22)25-16/h1-4,10,13,16H,5-9H2,(H,18,21)/t10-,13-,16+/m0/s1. The van der Waals surface area contributed by atoms with Crippen molar-refractivity contribution in [1.82, 2.24) is 10.2 Å². The number of likely N-dealkylation sites (tertiary alicyclic amines) is 1. The highest BCUT2D eigenvalue weighted by Crippen LogP contribution is 2.38. The van der Waals surface area contributed by atoms with Gasteiger partial charge in [-0.15, -0.1) is 0 Å². The summed E-state index contributed by atoms with van der Waals surface area (Å²) < 4.78 is 28.5. The number of nitrogens with one attached hydrogen (secondary N) is 1. The molecular weight excluding hydrogens is 360 g/mol. The number of nitrogens with zero attached hydrogens (tertiary/aromatic N) is 1. The fourth-order valence-electron chi connectivity index (χ4n) is 3.79. The number of fused-ring (bicyclic) bond motifs is 1. The van der Waals surface area contributed by atoms with Gasteiger partial charge >= 0.3 is 5.97 Å². The molecular formula is C17H18N2O6S. The highest BCUT2D eigenvalue weighted by Gasteiger charge is 2.46. The quantitative estimate of drug-likeness (QED) is 0.750. The van der Waals surface area contributed by atoms with Crippen LogP contribution in [0.3, 0.4) is 0 Å². The van der Waals surface area contributed by atoms with Crippen molar-refractivity contribution in [1.29, 1.82) is 0 Å². The summed E-state index contributed by atoms with van der Waals surface area (Å²) in [5.41, 5.74) is 0.951. The smallest absolute Gasteiger partial charge is 0.340 e. The van der Waals surface area contributed by atoms with Gasteiger partial charge in [-0.3, -0.25) is 14.5 Å². The van der Waals surface area contributed by atoms with Gasteiger partial charge in [-0.1, -0.05) is 18.2 Å². The molecule has 3 aliphatic heterocycles. The SMILES string of the molecule is O=C1O[C@@H](N2C(=O)CC[C@H]2C(=O)N[C@H]2CCS(=O)(=O)C2)c2ccccc21. The molecule has 0 spiro atoms. The third-order valence-corrected chi connectivity index (χ3v) is 6.82. The monoisotopic (exact) mass is 378 g/mol. The second-order valence-corrected chi connectivity index (χ2v) is 9.04. The number of ether oxygens (including phenoxy) is 1. The average Bonchev–Trinajstić information content (AvgIpc) is 3.24. The second kappa shape index (κ2) is 6.08. The minimum absolute atomic E-state index is 0.0544. The lowest BCUT2D eigenvalue weighted by atomic mass is 10.1. The molecule has 4 rings (SSSR count). The maximum Gasteiger partial charge on any atom is 0.340 e. The molecule has 2 amide bonds. The first kappa shape index (κ1) is 17.0. The molecule has 2 saturated heterocycles. The van der Waals surface area contributed by atoms with E-state index in [2.05, 4.69) is 5.32 Å². The lowest BCUT2D eigenvalue weighted by Gasteiger charge is -2.29. The molecule has 9 heteroatoms. The van der Waals surface area contributed by atoms with E-state index >= 15 is 0 Å². The number of hydrogen-bond donors (Lipinski definition) is 1. The molecule has 1 N–H and O–H groups in total. The summed E-state index contributed by atoms with van der Waals surface area (Å²) in [5.74, 6) is -1.22. The zero-order valence-electron chi connectivity index (χ0n) is 13.9. The Bertz CT molecular complexity index is 896. The van der Waals surface area contributed by atoms with E-state index in [-0.39, 0.29) is 23.8 Å². The number of benzene rings is 1. The number of amides is 2. The summed E-state index contributed by atoms with van der Waals surface area (Å²) in [5, 5.41) is 2.73. The minimum Gasteiger partial charge on any atom is -0.433 e. The van der Waals surface area contributed by atoms with Crippen molar-refractivity contribution in [2.24, 2.45) is 0 Å². The van der Waals surface area contributed by atoms with E-state index in [9.17, 15) is 22.8 Å². The number of rotatable bonds is 3. The third-order valence-electron chi connectivity index (χ3n) is 5.05. The van der Waals surface area contributed by atoms with Crippen LogP contribution in [0.4, 0.5) is 0 Å². The zero-order valence-corrected chi connectivity index (χ0v) is 14.7. The number of esters is 1. The lowest BCUT2D eigenvalue weighted by Crippen LogP contribution is -2.49. The van der Waals surface area contributed by atoms with Crippen LogP contribution in [0.25, 0.3) is 0 Å². The molecule has 1 aromatic carbocycles. The second-order valence-electron chi connectivity index (χ2n) is 6.81. The van der Waals surface area contributed by atoms with Gasteiger partial charge < -0.3 is 10.1 Å². The Labute approximate surface area is 150 Å². The molecule has 1 aromatic rings. The van der Waals surface area contributed by atoms with E-state index in [4.69, 9.17) is 4.74 Å². The van der Waals surface area contributed by atoms with Crippen molar-refractivity contribution >= 4 is 27.6 Å². The van der Waals surface area contributed by atoms with Gasteiger partial charge in [0.2, 0.25) is 18.0 Å². The van der Waals surface area contributed by atoms with Crippen molar-refractivity contribution in [2.45, 2.75) is 37.6 Å². The van der Waals surface area contributed by atoms with Crippen LogP contribution in [-0.4, -0.2) is 54.7 Å². The average molecular weight is 378 g/mol. The fourth-order valence-corrected chi connectivity index (χ4v) is 5.47. The molecule has 2 fully saturated rings. The summed E-state index contributed by atoms with van der Waals surface area (Å²) in [7, 11) is -3.12. The molecule has 3 aliphatic rings. The first-order chi connectivity index (χ1) is 12.4. The number of cyclic esters (lactones) is 1. The highest BCUT2D eigenvalue weighted by atomic mass is 32.2. The topological polar surface area (TPSA) is 110 Å². The third kappa shape index (κ3) is 2.86. The molecule has 0 aromatic heterocycles. The van der Waals surface area contributed by atoms with Gasteiger partial charge in [0.25, 0.3) is 0 Å². The van der Waals surface area contributed by atoms with Crippen LogP contribution < -0.4 is 5.32 Å². The summed E-state index contributed by atoms with van der Waals surface area (Å²) in [6.45, 7) is 0. The number of sulfone groups is 1. The summed E-state index contributed by atoms with van der Waals surface area (Å²) in [6, 6.07) is 5.55. The zero-order chi connectivity index (χ0) is 18.5. The molecule has 3 atom stereocenters. The van der Waals surface area contributed by atoms with Crippen LogP contribution in [0.15, 0.2) is 24.3 Å². The Balaban J connectivity index is 1.55. The van der Waals surface area contributed by atoms with E-state index in [1.807, 2.05) is 0 Å². The normalized spacial score (nSPS) is 29.5. The molecule has 0 saturated carbocycles. The maximum absolute atomic E-state index is 12.7. The molecule has 8 nitrogen and oxygen atoms in total. The van der Waals surface area contributed by atoms with Gasteiger partial charge in [0, 0.05) is 18.0 Å². The Morgan fingerprint density at radius 2 is 1.96 bits per heavy atom. The Morgan fingerprint density at radius 1 is 1.19 bits per heavy atom. The molecule has 0 bridgehead atoms. The predicted molar refractivity (Wildman–Crippen MR) is 89.7 cm³/mol. The number of carbonyl (C=O) groups excluding carboxylic acids is 3. The van der Waals surface area contributed by atoms with Crippen LogP contribution in [-0.2, 0) is 24.2 Å². The van der Waals surface area contributed by atoms with E-state index < -0.39 is 40.0 Å². The Hall–Kier alpha value is -2.42. The van der Waals surface area contributed by atoms with Gasteiger partial charge in [-0.05, 0) is 18.9 Å². The molecule has 138 valence electrons. The molecule has 3 heterocycles. The van der Waals surface area contributed by atoms with Crippen molar-refractivity contribution in [3.63, 3.8) is 0 Å². The van der Waals surface area contributed by atoms with Gasteiger partial charge in [0.1, 0.15) is 6.04 Å². The van der Waals surface area contributed by atoms with Crippen molar-refractivity contribution in [3.05, 3.63) is 35.4 Å². The number of carbonyl (C=O) groups is 3. The molecule has 0 unspecified atom stereocenters. The molecule has 26 heavy (non-hydrogen) atoms. The van der Waals surface area contributed by atoms with Crippen molar-refractivity contribution in [3.8, 4) is 0 Å². The first-order valence-corrected chi connectivity index (χ1v) is 10.3. The Kier molecular flexibility index (Phi) is 3.98. The van der Waals surface area contributed by atoms with Crippen molar-refractivity contribution in [2.75, 3.05) is 11.5 Å². The first-order valence-electron chi connectivity index (χ1n) is 8.47. The van der Waals surface area contributed by atoms with Gasteiger partial charge in [0.05, 0.1) is 17.1 Å². The maximum atomic E-state index is 12.7. The van der Waals surface area contributed by atoms with Crippen molar-refractivity contribution < 1.29 is 27.5 Å². The summed E-state index contributed by atoms with van der Waals surface area (Å²) in [6.07, 6.45) is -0.0649. The van der Waals surface area contributed by atoms with E-state index in [0.717, 1.165) is 0 Å². The fraction of sp³-hybridized carbons (Fsp3) is 0.471. The highest BCUT2D eigenvalue weighted by molar-refractivity contribution is 7.91. The number of hydrogen-bond acceptors (Lipinski definition) is 6. The summed E-state index contributed by atoms with van der Waals surface area (Å²) >= 11 is 0. The van der Waals surface area contributed by atoms with Gasteiger partial charge in [-0.25, -0.2) is 13.2 Å².